The Morgan fingerprint density at radius 2 is 2.11 bits per heavy atom. The zero-order valence-electron chi connectivity index (χ0n) is 9.61. The lowest BCUT2D eigenvalue weighted by Crippen LogP contribution is -2.19. The maximum atomic E-state index is 12.2. The number of halogens is 3. The molecule has 0 aliphatic heterocycles. The van der Waals surface area contributed by atoms with Crippen LogP contribution >= 0.6 is 0 Å². The quantitative estimate of drug-likeness (QED) is 0.850. The van der Waals surface area contributed by atoms with Crippen LogP contribution in [0.25, 0.3) is 0 Å². The van der Waals surface area contributed by atoms with Crippen LogP contribution in [0, 0.1) is 11.3 Å². The van der Waals surface area contributed by atoms with Crippen LogP contribution < -0.4 is 4.74 Å². The first-order valence-electron chi connectivity index (χ1n) is 4.84. The van der Waals surface area contributed by atoms with Crippen LogP contribution in [0.3, 0.4) is 0 Å². The summed E-state index contributed by atoms with van der Waals surface area (Å²) in [6.45, 7) is -0.776. The Kier molecular flexibility index (Phi) is 4.34. The predicted octanol–water partition coefficient (Wildman–Crippen LogP) is 1.74. The van der Waals surface area contributed by atoms with Crippen molar-refractivity contribution < 1.29 is 32.5 Å². The van der Waals surface area contributed by atoms with Crippen molar-refractivity contribution >= 4 is 5.97 Å². The summed E-state index contributed by atoms with van der Waals surface area (Å²) < 4.78 is 44.5. The molecular formula is C11H8F3NO4. The Bertz CT molecular complexity index is 534. The van der Waals surface area contributed by atoms with Crippen LogP contribution in [0.2, 0.25) is 0 Å². The fourth-order valence-electron chi connectivity index (χ4n) is 1.34. The normalized spacial score (nSPS) is 10.7. The van der Waals surface area contributed by atoms with Crippen molar-refractivity contribution in [2.75, 3.05) is 7.11 Å². The lowest BCUT2D eigenvalue weighted by atomic mass is 10.0. The Hall–Kier alpha value is -2.27. The average Bonchev–Trinajstić information content (AvgIpc) is 2.35. The molecule has 1 aromatic carbocycles. The third kappa shape index (κ3) is 3.59. The summed E-state index contributed by atoms with van der Waals surface area (Å²) in [5.41, 5.74) is -0.853. The molecule has 0 radical (unpaired) electrons. The molecule has 0 unspecified atom stereocenters. The number of alkyl halides is 3. The highest BCUT2D eigenvalue weighted by Gasteiger charge is 2.33. The number of esters is 1. The van der Waals surface area contributed by atoms with Gasteiger partial charge in [0.2, 0.25) is 0 Å². The number of carbonyl (C=O) groups excluding carboxylic acids is 1. The minimum absolute atomic E-state index is 0.217. The van der Waals surface area contributed by atoms with Crippen molar-refractivity contribution in [1.82, 2.24) is 0 Å². The first-order valence-corrected chi connectivity index (χ1v) is 4.84. The monoisotopic (exact) mass is 275 g/mol. The Morgan fingerprint density at radius 1 is 1.47 bits per heavy atom. The Morgan fingerprint density at radius 3 is 2.53 bits per heavy atom. The van der Waals surface area contributed by atoms with Gasteiger partial charge in [0, 0.05) is 5.56 Å². The van der Waals surface area contributed by atoms with E-state index in [0.717, 1.165) is 13.2 Å². The standard InChI is InChI=1S/C11H8F3NO4/c1-18-10(17)8-3-9(19-11(12,13)14)7(5-16)2-6(8)4-15/h2-3,16H,5H2,1H3. The van der Waals surface area contributed by atoms with Crippen LogP contribution in [-0.2, 0) is 11.3 Å². The zero-order chi connectivity index (χ0) is 14.6. The summed E-state index contributed by atoms with van der Waals surface area (Å²) in [6, 6.07) is 3.28. The van der Waals surface area contributed by atoms with Gasteiger partial charge in [-0.25, -0.2) is 4.79 Å². The second kappa shape index (κ2) is 5.58. The second-order valence-corrected chi connectivity index (χ2v) is 3.31. The minimum atomic E-state index is -4.98. The fourth-order valence-corrected chi connectivity index (χ4v) is 1.34. The number of aliphatic hydroxyl groups is 1. The summed E-state index contributed by atoms with van der Waals surface area (Å²) in [5.74, 6) is -1.73. The van der Waals surface area contributed by atoms with Crippen LogP contribution in [0.15, 0.2) is 12.1 Å². The summed E-state index contributed by atoms with van der Waals surface area (Å²) >= 11 is 0. The van der Waals surface area contributed by atoms with E-state index in [2.05, 4.69) is 9.47 Å². The molecule has 0 aliphatic carbocycles. The zero-order valence-corrected chi connectivity index (χ0v) is 9.61. The van der Waals surface area contributed by atoms with E-state index in [0.29, 0.717) is 6.07 Å². The largest absolute Gasteiger partial charge is 0.573 e. The molecule has 0 fully saturated rings. The summed E-state index contributed by atoms with van der Waals surface area (Å²) in [6.07, 6.45) is -4.98. The number of ether oxygens (including phenoxy) is 2. The molecule has 0 amide bonds. The highest BCUT2D eigenvalue weighted by atomic mass is 19.4. The minimum Gasteiger partial charge on any atom is -0.465 e. The van der Waals surface area contributed by atoms with Gasteiger partial charge in [0.1, 0.15) is 11.8 Å². The van der Waals surface area contributed by atoms with Crippen LogP contribution in [0.4, 0.5) is 13.2 Å². The van der Waals surface area contributed by atoms with E-state index in [-0.39, 0.29) is 16.7 Å². The van der Waals surface area contributed by atoms with E-state index in [1.54, 1.807) is 6.07 Å². The van der Waals surface area contributed by atoms with E-state index < -0.39 is 24.7 Å². The van der Waals surface area contributed by atoms with Gasteiger partial charge in [-0.1, -0.05) is 0 Å². The lowest BCUT2D eigenvalue weighted by Gasteiger charge is -2.14. The topological polar surface area (TPSA) is 79.6 Å². The average molecular weight is 275 g/mol. The van der Waals surface area contributed by atoms with Gasteiger partial charge in [-0.15, -0.1) is 13.2 Å². The van der Waals surface area contributed by atoms with Crippen molar-refractivity contribution in [3.63, 3.8) is 0 Å². The molecule has 0 atom stereocenters. The van der Waals surface area contributed by atoms with E-state index in [9.17, 15) is 18.0 Å². The number of aliphatic hydroxyl groups excluding tert-OH is 1. The number of rotatable bonds is 3. The third-order valence-corrected chi connectivity index (χ3v) is 2.12. The fraction of sp³-hybridized carbons (Fsp3) is 0.273. The molecule has 0 spiro atoms. The van der Waals surface area contributed by atoms with Crippen molar-refractivity contribution in [2.24, 2.45) is 0 Å². The van der Waals surface area contributed by atoms with Crippen molar-refractivity contribution in [2.45, 2.75) is 13.0 Å². The summed E-state index contributed by atoms with van der Waals surface area (Å²) in [4.78, 5) is 11.3. The molecule has 5 nitrogen and oxygen atoms in total. The van der Waals surface area contributed by atoms with Crippen LogP contribution in [0.1, 0.15) is 21.5 Å². The number of nitriles is 1. The maximum Gasteiger partial charge on any atom is 0.573 e. The molecule has 1 rings (SSSR count). The van der Waals surface area contributed by atoms with Gasteiger partial charge in [-0.3, -0.25) is 0 Å². The molecule has 8 heteroatoms. The molecule has 0 heterocycles. The molecular weight excluding hydrogens is 267 g/mol. The molecule has 0 aromatic heterocycles. The third-order valence-electron chi connectivity index (χ3n) is 2.12. The van der Waals surface area contributed by atoms with Gasteiger partial charge in [0.15, 0.2) is 0 Å². The van der Waals surface area contributed by atoms with Crippen LogP contribution in [-0.4, -0.2) is 24.5 Å². The second-order valence-electron chi connectivity index (χ2n) is 3.31. The molecule has 1 N–H and O–H groups in total. The molecule has 102 valence electrons. The van der Waals surface area contributed by atoms with E-state index in [1.165, 1.54) is 0 Å². The summed E-state index contributed by atoms with van der Waals surface area (Å²) in [7, 11) is 1.02. The highest BCUT2D eigenvalue weighted by molar-refractivity contribution is 5.92. The first-order chi connectivity index (χ1) is 8.82. The van der Waals surface area contributed by atoms with E-state index in [4.69, 9.17) is 10.4 Å². The van der Waals surface area contributed by atoms with Crippen LogP contribution in [0.5, 0.6) is 5.75 Å². The van der Waals surface area contributed by atoms with Gasteiger partial charge < -0.3 is 14.6 Å². The lowest BCUT2D eigenvalue weighted by molar-refractivity contribution is -0.275. The number of benzene rings is 1. The molecule has 0 saturated carbocycles. The number of nitrogens with zero attached hydrogens (tertiary/aromatic N) is 1. The van der Waals surface area contributed by atoms with Gasteiger partial charge in [-0.2, -0.15) is 5.26 Å². The summed E-state index contributed by atoms with van der Waals surface area (Å²) in [5, 5.41) is 17.8. The molecule has 0 aliphatic rings. The Balaban J connectivity index is 3.38. The van der Waals surface area contributed by atoms with Crippen molar-refractivity contribution in [1.29, 1.82) is 5.26 Å². The van der Waals surface area contributed by atoms with E-state index >= 15 is 0 Å². The highest BCUT2D eigenvalue weighted by Crippen LogP contribution is 2.29. The first kappa shape index (κ1) is 14.8. The molecule has 0 bridgehead atoms. The van der Waals surface area contributed by atoms with E-state index in [1.807, 2.05) is 0 Å². The number of hydrogen-bond donors (Lipinski definition) is 1. The number of hydrogen-bond acceptors (Lipinski definition) is 5. The van der Waals surface area contributed by atoms with Crippen molar-refractivity contribution in [3.05, 3.63) is 28.8 Å². The Labute approximate surface area is 105 Å². The smallest absolute Gasteiger partial charge is 0.465 e. The number of carbonyl (C=O) groups is 1. The predicted molar refractivity (Wildman–Crippen MR) is 55.1 cm³/mol. The van der Waals surface area contributed by atoms with Gasteiger partial charge in [0.25, 0.3) is 0 Å². The SMILES string of the molecule is COC(=O)c1cc(OC(F)(F)F)c(CO)cc1C#N. The van der Waals surface area contributed by atoms with Gasteiger partial charge >= 0.3 is 12.3 Å². The molecule has 19 heavy (non-hydrogen) atoms. The maximum absolute atomic E-state index is 12.2. The molecule has 1 aromatic rings. The molecule has 0 saturated heterocycles. The van der Waals surface area contributed by atoms with Gasteiger partial charge in [0.05, 0.1) is 24.8 Å². The number of methoxy groups -OCH3 is 1. The van der Waals surface area contributed by atoms with Crippen molar-refractivity contribution in [3.8, 4) is 11.8 Å². The van der Waals surface area contributed by atoms with Gasteiger partial charge in [-0.05, 0) is 12.1 Å².